The van der Waals surface area contributed by atoms with Crippen molar-refractivity contribution >= 4 is 23.6 Å². The quantitative estimate of drug-likeness (QED) is 0.314. The highest BCUT2D eigenvalue weighted by Crippen LogP contribution is 2.35. The predicted molar refractivity (Wildman–Crippen MR) is 113 cm³/mol. The molecule has 0 atom stereocenters. The number of hydrogen-bond donors (Lipinski definition) is 0. The summed E-state index contributed by atoms with van der Waals surface area (Å²) in [7, 11) is 0. The van der Waals surface area contributed by atoms with Crippen LogP contribution in [0.2, 0.25) is 0 Å². The summed E-state index contributed by atoms with van der Waals surface area (Å²) in [5.41, 5.74) is 3.12. The first kappa shape index (κ1) is 19.1. The molecule has 3 aromatic carbocycles. The first-order valence-corrected chi connectivity index (χ1v) is 9.20. The van der Waals surface area contributed by atoms with E-state index in [2.05, 4.69) is 6.58 Å². The second-order valence-corrected chi connectivity index (χ2v) is 6.68. The van der Waals surface area contributed by atoms with Crippen molar-refractivity contribution in [2.45, 2.75) is 6.61 Å². The Hall–Kier alpha value is -4.19. The molecule has 1 aliphatic heterocycles. The number of rotatable bonds is 6. The normalized spacial score (nSPS) is 13.6. The number of ether oxygens (including phenoxy) is 2. The first-order valence-electron chi connectivity index (χ1n) is 9.20. The van der Waals surface area contributed by atoms with Gasteiger partial charge in [-0.25, -0.2) is 0 Å². The van der Waals surface area contributed by atoms with Crippen molar-refractivity contribution in [3.63, 3.8) is 0 Å². The molecule has 4 rings (SSSR count). The van der Waals surface area contributed by atoms with Gasteiger partial charge >= 0.3 is 0 Å². The molecule has 6 nitrogen and oxygen atoms in total. The minimum absolute atomic E-state index is 0.0139. The largest absolute Gasteiger partial charge is 0.489 e. The van der Waals surface area contributed by atoms with Crippen LogP contribution in [-0.2, 0) is 6.61 Å². The number of benzene rings is 3. The van der Waals surface area contributed by atoms with E-state index in [1.54, 1.807) is 42.5 Å². The number of non-ortho nitro benzene ring substituents is 1. The summed E-state index contributed by atoms with van der Waals surface area (Å²) in [6, 6.07) is 18.8. The van der Waals surface area contributed by atoms with Crippen LogP contribution in [0.4, 0.5) is 5.69 Å². The number of Topliss-reactive ketones (excluding diaryl/α,β-unsaturated/α-hetero) is 1. The summed E-state index contributed by atoms with van der Waals surface area (Å²) in [4.78, 5) is 22.9. The highest BCUT2D eigenvalue weighted by atomic mass is 16.6. The zero-order chi connectivity index (χ0) is 21.1. The lowest BCUT2D eigenvalue weighted by Crippen LogP contribution is -1.98. The van der Waals surface area contributed by atoms with Crippen molar-refractivity contribution in [1.82, 2.24) is 0 Å². The van der Waals surface area contributed by atoms with Gasteiger partial charge in [0.2, 0.25) is 5.78 Å². The molecule has 0 saturated carbocycles. The third-order valence-electron chi connectivity index (χ3n) is 4.66. The molecule has 6 heteroatoms. The minimum atomic E-state index is -0.473. The Kier molecular flexibility index (Phi) is 5.13. The molecular weight excluding hydrogens is 382 g/mol. The molecule has 0 radical (unpaired) electrons. The number of carbonyl (C=O) groups is 1. The van der Waals surface area contributed by atoms with Crippen LogP contribution < -0.4 is 9.47 Å². The van der Waals surface area contributed by atoms with Crippen molar-refractivity contribution in [3.05, 3.63) is 111 Å². The van der Waals surface area contributed by atoms with Crippen molar-refractivity contribution < 1.29 is 19.2 Å². The lowest BCUT2D eigenvalue weighted by atomic mass is 10.1. The van der Waals surface area contributed by atoms with Gasteiger partial charge in [-0.05, 0) is 47.0 Å². The van der Waals surface area contributed by atoms with Crippen LogP contribution >= 0.6 is 0 Å². The van der Waals surface area contributed by atoms with E-state index < -0.39 is 4.92 Å². The Labute approximate surface area is 172 Å². The molecule has 0 saturated heterocycles. The van der Waals surface area contributed by atoms with Crippen molar-refractivity contribution in [2.75, 3.05) is 0 Å². The molecular formula is C24H17NO5. The third-order valence-corrected chi connectivity index (χ3v) is 4.66. The Balaban J connectivity index is 1.47. The predicted octanol–water partition coefficient (Wildman–Crippen LogP) is 5.43. The monoisotopic (exact) mass is 399 g/mol. The average Bonchev–Trinajstić information content (AvgIpc) is 3.07. The molecule has 0 bridgehead atoms. The van der Waals surface area contributed by atoms with Gasteiger partial charge in [0.25, 0.3) is 5.69 Å². The molecule has 0 amide bonds. The molecule has 3 aromatic rings. The van der Waals surface area contributed by atoms with Crippen LogP contribution in [0.3, 0.4) is 0 Å². The van der Waals surface area contributed by atoms with Gasteiger partial charge in [-0.2, -0.15) is 0 Å². The van der Waals surface area contributed by atoms with Crippen LogP contribution in [-0.4, -0.2) is 10.7 Å². The molecule has 0 aliphatic carbocycles. The Bertz CT molecular complexity index is 1160. The summed E-state index contributed by atoms with van der Waals surface area (Å²) >= 11 is 0. The fraction of sp³-hybridized carbons (Fsp3) is 0.0417. The molecule has 0 N–H and O–H groups in total. The van der Waals surface area contributed by atoms with E-state index in [-0.39, 0.29) is 17.2 Å². The molecule has 30 heavy (non-hydrogen) atoms. The number of nitro benzene ring substituents is 1. The molecule has 1 aliphatic rings. The van der Waals surface area contributed by atoms with Crippen LogP contribution in [0.5, 0.6) is 11.5 Å². The number of allylic oxidation sites excluding steroid dienone is 1. The average molecular weight is 399 g/mol. The molecule has 0 unspecified atom stereocenters. The highest BCUT2D eigenvalue weighted by Gasteiger charge is 2.27. The van der Waals surface area contributed by atoms with Crippen LogP contribution in [0.25, 0.3) is 12.2 Å². The van der Waals surface area contributed by atoms with Gasteiger partial charge in [0.05, 0.1) is 10.5 Å². The second kappa shape index (κ2) is 8.05. The van der Waals surface area contributed by atoms with E-state index in [4.69, 9.17) is 9.47 Å². The van der Waals surface area contributed by atoms with E-state index >= 15 is 0 Å². The lowest BCUT2D eigenvalue weighted by molar-refractivity contribution is -0.384. The second-order valence-electron chi connectivity index (χ2n) is 6.68. The maximum Gasteiger partial charge on any atom is 0.269 e. The number of nitrogens with zero attached hydrogens (tertiary/aromatic N) is 1. The molecule has 0 spiro atoms. The number of fused-ring (bicyclic) bond motifs is 1. The highest BCUT2D eigenvalue weighted by molar-refractivity contribution is 6.14. The lowest BCUT2D eigenvalue weighted by Gasteiger charge is -2.07. The van der Waals surface area contributed by atoms with E-state index in [1.165, 1.54) is 12.1 Å². The zero-order valence-electron chi connectivity index (χ0n) is 15.9. The van der Waals surface area contributed by atoms with E-state index in [9.17, 15) is 14.9 Å². The molecule has 0 fully saturated rings. The van der Waals surface area contributed by atoms with Gasteiger partial charge in [-0.1, -0.05) is 36.9 Å². The summed E-state index contributed by atoms with van der Waals surface area (Å²) in [6.45, 7) is 4.12. The van der Waals surface area contributed by atoms with Gasteiger partial charge in [0.15, 0.2) is 5.76 Å². The zero-order valence-corrected chi connectivity index (χ0v) is 15.9. The van der Waals surface area contributed by atoms with Crippen LogP contribution in [0.15, 0.2) is 79.1 Å². The first-order chi connectivity index (χ1) is 14.5. The summed E-state index contributed by atoms with van der Waals surface area (Å²) in [6.07, 6.45) is 3.34. The molecule has 148 valence electrons. The standard InChI is InChI=1S/C24H17NO5/c1-2-16-3-5-18(6-4-16)15-29-20-11-12-21-22(14-20)30-23(24(21)26)13-17-7-9-19(10-8-17)25(27)28/h2-14H,1,15H2/b23-13-. The number of hydrogen-bond acceptors (Lipinski definition) is 5. The van der Waals surface area contributed by atoms with Gasteiger partial charge in [0, 0.05) is 18.2 Å². The SMILES string of the molecule is C=Cc1ccc(COc2ccc3c(c2)O/C(=C\c2ccc([N+](=O)[O-])cc2)C3=O)cc1. The van der Waals surface area contributed by atoms with E-state index in [1.807, 2.05) is 24.3 Å². The number of carbonyl (C=O) groups excluding carboxylic acids is 1. The number of nitro groups is 1. The minimum Gasteiger partial charge on any atom is -0.489 e. The smallest absolute Gasteiger partial charge is 0.269 e. The third kappa shape index (κ3) is 3.98. The van der Waals surface area contributed by atoms with Gasteiger partial charge in [-0.15, -0.1) is 0 Å². The van der Waals surface area contributed by atoms with Crippen molar-refractivity contribution in [2.24, 2.45) is 0 Å². The Morgan fingerprint density at radius 2 is 1.70 bits per heavy atom. The molecule has 0 aromatic heterocycles. The summed E-state index contributed by atoms with van der Waals surface area (Å²) < 4.78 is 11.5. The fourth-order valence-corrected chi connectivity index (χ4v) is 3.02. The summed E-state index contributed by atoms with van der Waals surface area (Å²) in [5.74, 6) is 0.935. The summed E-state index contributed by atoms with van der Waals surface area (Å²) in [5, 5.41) is 10.8. The fourth-order valence-electron chi connectivity index (χ4n) is 3.02. The number of ketones is 1. The topological polar surface area (TPSA) is 78.7 Å². The van der Waals surface area contributed by atoms with Crippen molar-refractivity contribution in [1.29, 1.82) is 0 Å². The van der Waals surface area contributed by atoms with Crippen molar-refractivity contribution in [3.8, 4) is 11.5 Å². The molecule has 1 heterocycles. The van der Waals surface area contributed by atoms with Crippen LogP contribution in [0.1, 0.15) is 27.0 Å². The Morgan fingerprint density at radius 1 is 1.00 bits per heavy atom. The maximum absolute atomic E-state index is 12.6. The van der Waals surface area contributed by atoms with E-state index in [0.29, 0.717) is 29.2 Å². The van der Waals surface area contributed by atoms with E-state index in [0.717, 1.165) is 11.1 Å². The van der Waals surface area contributed by atoms with Gasteiger partial charge in [-0.3, -0.25) is 14.9 Å². The van der Waals surface area contributed by atoms with Gasteiger partial charge < -0.3 is 9.47 Å². The Morgan fingerprint density at radius 3 is 2.37 bits per heavy atom. The maximum atomic E-state index is 12.6. The van der Waals surface area contributed by atoms with Gasteiger partial charge in [0.1, 0.15) is 18.1 Å². The van der Waals surface area contributed by atoms with Crippen LogP contribution in [0, 0.1) is 10.1 Å².